The molecule has 0 saturated carbocycles. The van der Waals surface area contributed by atoms with E-state index in [0.29, 0.717) is 24.3 Å². The van der Waals surface area contributed by atoms with Gasteiger partial charge in [0.1, 0.15) is 34.8 Å². The summed E-state index contributed by atoms with van der Waals surface area (Å²) in [4.78, 5) is 23.3. The molecule has 0 saturated heterocycles. The molecule has 2 aliphatic heterocycles. The number of carbonyl (C=O) groups excluding carboxylic acids is 2. The van der Waals surface area contributed by atoms with Gasteiger partial charge in [-0.3, -0.25) is 9.59 Å². The number of nitrogens with one attached hydrogen (secondary N) is 4. The van der Waals surface area contributed by atoms with E-state index in [0.717, 1.165) is 74.9 Å². The molecule has 6 rings (SSSR count). The van der Waals surface area contributed by atoms with Gasteiger partial charge < -0.3 is 47.9 Å². The Morgan fingerprint density at radius 1 is 0.681 bits per heavy atom. The molecule has 2 heterocycles. The average molecular weight is 1150 g/mol. The molecule has 17 heteroatoms. The number of hydrogen-bond donors (Lipinski definition) is 6. The third-order valence-electron chi connectivity index (χ3n) is 10.5. The van der Waals surface area contributed by atoms with Crippen molar-refractivity contribution in [1.82, 2.24) is 21.3 Å². The Kier molecular flexibility index (Phi) is 24.8. The monoisotopic (exact) mass is 1150 g/mol. The second-order valence-corrected chi connectivity index (χ2v) is 21.0. The Labute approximate surface area is 433 Å². The number of fused-ring (bicyclic) bond motifs is 2. The zero-order chi connectivity index (χ0) is 51.6. The predicted octanol–water partition coefficient (Wildman–Crippen LogP) is 9.72. The molecule has 4 aromatic rings. The minimum atomic E-state index is -0.954. The molecule has 6 N–H and O–H groups in total. The number of aliphatic hydroxyl groups excluding tert-OH is 2. The van der Waals surface area contributed by atoms with Crippen LogP contribution in [0.2, 0.25) is 0 Å². The Bertz CT molecular complexity index is 2220. The summed E-state index contributed by atoms with van der Waals surface area (Å²) in [5, 5.41) is 33.7. The van der Waals surface area contributed by atoms with Gasteiger partial charge in [0.25, 0.3) is 0 Å². The van der Waals surface area contributed by atoms with E-state index >= 15 is 0 Å². The van der Waals surface area contributed by atoms with Crippen molar-refractivity contribution in [3.63, 3.8) is 0 Å². The van der Waals surface area contributed by atoms with Gasteiger partial charge in [-0.25, -0.2) is 17.6 Å². The molecule has 6 atom stereocenters. The molecule has 4 aromatic carbocycles. The fourth-order valence-corrected chi connectivity index (χ4v) is 8.34. The topological polar surface area (TPSA) is 141 Å². The number of aliphatic hydroxyl groups is 2. The number of ether oxygens (including phenoxy) is 2. The predicted molar refractivity (Wildman–Crippen MR) is 268 cm³/mol. The molecule has 2 unspecified atom stereocenters. The fourth-order valence-electron chi connectivity index (χ4n) is 7.82. The van der Waals surface area contributed by atoms with Gasteiger partial charge >= 0.3 is 27.0 Å². The van der Waals surface area contributed by atoms with Crippen molar-refractivity contribution in [2.45, 2.75) is 124 Å². The van der Waals surface area contributed by atoms with E-state index in [9.17, 15) is 37.4 Å². The number of halogens is 6. The van der Waals surface area contributed by atoms with Gasteiger partial charge in [-0.2, -0.15) is 5.41 Å². The summed E-state index contributed by atoms with van der Waals surface area (Å²) in [7, 11) is 4.76. The molecule has 376 valence electrons. The Hall–Kier alpha value is -3.38. The normalized spacial score (nSPS) is 16.9. The number of carbonyl (C=O) groups is 2. The van der Waals surface area contributed by atoms with E-state index in [-0.39, 0.29) is 60.7 Å². The van der Waals surface area contributed by atoms with Gasteiger partial charge in [0.05, 0.1) is 37.5 Å². The molecule has 2 aliphatic rings. The van der Waals surface area contributed by atoms with Crippen molar-refractivity contribution in [3.05, 3.63) is 134 Å². The van der Waals surface area contributed by atoms with Crippen molar-refractivity contribution in [2.75, 3.05) is 26.3 Å². The van der Waals surface area contributed by atoms with Crippen LogP contribution in [0.5, 0.6) is 11.5 Å². The van der Waals surface area contributed by atoms with E-state index < -0.39 is 47.6 Å². The van der Waals surface area contributed by atoms with Crippen LogP contribution in [-0.4, -0.2) is 72.6 Å². The summed E-state index contributed by atoms with van der Waals surface area (Å²) in [6.45, 7) is 20.8. The van der Waals surface area contributed by atoms with Crippen molar-refractivity contribution >= 4 is 44.1 Å². The first kappa shape index (κ1) is 59.9. The maximum absolute atomic E-state index is 13.6. The van der Waals surface area contributed by atoms with Gasteiger partial charge in [0.2, 0.25) is 11.8 Å². The fraction of sp³-hybridized carbons (Fsp3) is 0.481. The SMILES string of the molecule is CC(=O)NC(Cc1cc(F)cc(F)c1)[C@H](O)CN[C@H]1CCOc2ccc(CC(C)(C)C)cc21.CC(=O)NC(Cc1cc(F)cc(F)c1)[C@H](O)CN[C@H]1CCOc2ccc(I)cc21.[CH2-]C(C)(C)C.[Cl][Zn+]. The summed E-state index contributed by atoms with van der Waals surface area (Å²) in [5.41, 5.74) is 4.45. The summed E-state index contributed by atoms with van der Waals surface area (Å²) >= 11 is 3.08. The number of amides is 2. The van der Waals surface area contributed by atoms with Crippen molar-refractivity contribution in [1.29, 1.82) is 0 Å². The van der Waals surface area contributed by atoms with Crippen LogP contribution in [-0.2, 0) is 46.2 Å². The Morgan fingerprint density at radius 2 is 1.06 bits per heavy atom. The minimum absolute atomic E-state index is 0.00656. The molecule has 0 aromatic heterocycles. The molecular formula is C52H68ClF4IN4O6Zn. The third-order valence-corrected chi connectivity index (χ3v) is 11.1. The summed E-state index contributed by atoms with van der Waals surface area (Å²) in [6.07, 6.45) is 0.753. The molecular weight excluding hydrogens is 1080 g/mol. The summed E-state index contributed by atoms with van der Waals surface area (Å²) < 4.78 is 66.8. The zero-order valence-corrected chi connectivity index (χ0v) is 46.8. The van der Waals surface area contributed by atoms with Gasteiger partial charge in [0.15, 0.2) is 0 Å². The molecule has 69 heavy (non-hydrogen) atoms. The van der Waals surface area contributed by atoms with Crippen LogP contribution in [0.4, 0.5) is 17.6 Å². The number of hydrogen-bond acceptors (Lipinski definition) is 8. The van der Waals surface area contributed by atoms with E-state index in [1.807, 2.05) is 24.3 Å². The number of rotatable bonds is 15. The first-order valence-corrected chi connectivity index (χ1v) is 27.9. The first-order chi connectivity index (χ1) is 32.3. The molecule has 0 bridgehead atoms. The van der Waals surface area contributed by atoms with E-state index in [1.165, 1.54) is 43.7 Å². The first-order valence-electron chi connectivity index (χ1n) is 22.9. The van der Waals surface area contributed by atoms with Crippen molar-refractivity contribution < 1.29 is 64.1 Å². The third kappa shape index (κ3) is 22.7. The molecule has 0 radical (unpaired) electrons. The van der Waals surface area contributed by atoms with E-state index in [1.54, 1.807) is 0 Å². The van der Waals surface area contributed by atoms with E-state index in [2.05, 4.69) is 104 Å². The maximum atomic E-state index is 13.6. The molecule has 0 aliphatic carbocycles. The van der Waals surface area contributed by atoms with Gasteiger partial charge in [-0.15, -0.1) is 0 Å². The van der Waals surface area contributed by atoms with Crippen molar-refractivity contribution in [3.8, 4) is 11.5 Å². The van der Waals surface area contributed by atoms with Crippen molar-refractivity contribution in [2.24, 2.45) is 10.8 Å². The van der Waals surface area contributed by atoms with Crippen LogP contribution in [0.1, 0.15) is 108 Å². The van der Waals surface area contributed by atoms with Crippen LogP contribution in [0, 0.1) is 44.6 Å². The van der Waals surface area contributed by atoms with Crippen LogP contribution in [0.15, 0.2) is 72.8 Å². The van der Waals surface area contributed by atoms with Crippen LogP contribution < -0.4 is 30.7 Å². The second-order valence-electron chi connectivity index (χ2n) is 19.8. The van der Waals surface area contributed by atoms with Gasteiger partial charge in [-0.1, -0.05) is 53.7 Å². The quantitative estimate of drug-likeness (QED) is 0.0300. The van der Waals surface area contributed by atoms with Crippen LogP contribution in [0.25, 0.3) is 0 Å². The molecule has 0 fully saturated rings. The Balaban J connectivity index is 0.000000324. The summed E-state index contributed by atoms with van der Waals surface area (Å²) in [6, 6.07) is 17.2. The van der Waals surface area contributed by atoms with Gasteiger partial charge in [0, 0.05) is 78.7 Å². The van der Waals surface area contributed by atoms with Crippen LogP contribution in [0.3, 0.4) is 0 Å². The molecule has 10 nitrogen and oxygen atoms in total. The standard InChI is InChI=1S/C26H34F2N2O3.C21H23F2IN2O3.C5H11.ClH.Zn/c1-16(31)30-23(12-18-9-19(27)13-20(28)10-18)24(32)15-29-22-7-8-33-25-6-5-17(11-21(22)25)14-26(2,3)4;1-12(27)26-19(8-13-6-14(22)9-15(23)7-13)20(28)11-25-18-4-5-29-21-3-2-16(24)10-17(18)21;1-5(2,3)4;;/h5-6,9-11,13,22-24,29,32H,7-8,12,14-15H2,1-4H3,(H,30,31);2-3,6-7,9-10,18-20,25,28H,4-5,8,11H2,1H3,(H,26,27);1H2,2-4H3;1H;/q;;-1;;+2/p-1/t22-,23?,24+;18-,19?,20+;;;/m00.../s1. The zero-order valence-electron chi connectivity index (χ0n) is 41.0. The Morgan fingerprint density at radius 3 is 1.43 bits per heavy atom. The summed E-state index contributed by atoms with van der Waals surface area (Å²) in [5.74, 6) is -1.76. The van der Waals surface area contributed by atoms with Gasteiger partial charge in [-0.05, 0) is 112 Å². The van der Waals surface area contributed by atoms with E-state index in [4.69, 9.17) is 19.2 Å². The molecule has 2 amide bonds. The average Bonchev–Trinajstić information content (AvgIpc) is 3.23. The second kappa shape index (κ2) is 28.6. The van der Waals surface area contributed by atoms with Crippen LogP contribution >= 0.6 is 32.3 Å². The molecule has 0 spiro atoms. The number of benzene rings is 4.